The topological polar surface area (TPSA) is 43.4 Å². The minimum atomic E-state index is -4.30. The van der Waals surface area contributed by atoms with Crippen LogP contribution in [0, 0.1) is 23.7 Å². The zero-order valence-corrected chi connectivity index (χ0v) is 22.0. The van der Waals surface area contributed by atoms with Gasteiger partial charge in [0.25, 0.3) is 0 Å². The van der Waals surface area contributed by atoms with Crippen molar-refractivity contribution in [2.75, 3.05) is 37.6 Å². The quantitative estimate of drug-likeness (QED) is 0.487. The number of ether oxygens (including phenoxy) is 2. The van der Waals surface area contributed by atoms with Gasteiger partial charge in [0.2, 0.25) is 5.79 Å². The van der Waals surface area contributed by atoms with Crippen molar-refractivity contribution in [2.24, 2.45) is 23.7 Å². The molecule has 0 radical (unpaired) electrons. The second-order valence-electron chi connectivity index (χ2n) is 12.1. The van der Waals surface area contributed by atoms with E-state index in [1.165, 1.54) is 18.6 Å². The molecule has 8 atom stereocenters. The summed E-state index contributed by atoms with van der Waals surface area (Å²) in [6, 6.07) is 5.50. The van der Waals surface area contributed by atoms with Crippen molar-refractivity contribution in [3.63, 3.8) is 0 Å². The van der Waals surface area contributed by atoms with Crippen LogP contribution < -0.4 is 4.90 Å². The molecule has 6 aliphatic rings. The van der Waals surface area contributed by atoms with Gasteiger partial charge in [-0.25, -0.2) is 9.78 Å². The minimum Gasteiger partial charge on any atom is -0.369 e. The van der Waals surface area contributed by atoms with Crippen LogP contribution in [0.25, 0.3) is 0 Å². The summed E-state index contributed by atoms with van der Waals surface area (Å²) in [5.74, 6) is 0.866. The lowest BCUT2D eigenvalue weighted by Crippen LogP contribution is -2.70. The van der Waals surface area contributed by atoms with Gasteiger partial charge < -0.3 is 14.4 Å². The van der Waals surface area contributed by atoms with Crippen LogP contribution in [0.1, 0.15) is 58.4 Å². The van der Waals surface area contributed by atoms with Crippen molar-refractivity contribution in [2.45, 2.75) is 82.8 Å². The van der Waals surface area contributed by atoms with Gasteiger partial charge in [-0.3, -0.25) is 4.90 Å². The van der Waals surface area contributed by atoms with Crippen molar-refractivity contribution in [1.82, 2.24) is 4.90 Å². The lowest BCUT2D eigenvalue weighted by atomic mass is 9.57. The number of benzene rings is 1. The first-order valence-electron chi connectivity index (χ1n) is 13.9. The van der Waals surface area contributed by atoms with Crippen LogP contribution in [-0.4, -0.2) is 61.4 Å². The third kappa shape index (κ3) is 4.48. The number of anilines is 1. The number of rotatable bonds is 4. The van der Waals surface area contributed by atoms with Crippen LogP contribution in [0.4, 0.5) is 18.9 Å². The first-order chi connectivity index (χ1) is 17.6. The van der Waals surface area contributed by atoms with E-state index in [1.54, 1.807) is 12.1 Å². The molecule has 5 aliphatic heterocycles. The van der Waals surface area contributed by atoms with E-state index < -0.39 is 29.4 Å². The number of hydrogen-bond acceptors (Lipinski definition) is 6. The van der Waals surface area contributed by atoms with Crippen LogP contribution in [0.5, 0.6) is 0 Å². The van der Waals surface area contributed by atoms with Gasteiger partial charge in [-0.2, -0.15) is 13.2 Å². The van der Waals surface area contributed by atoms with Crippen molar-refractivity contribution in [3.8, 4) is 0 Å². The van der Waals surface area contributed by atoms with Gasteiger partial charge in [-0.05, 0) is 74.6 Å². The Morgan fingerprint density at radius 1 is 0.946 bits per heavy atom. The zero-order valence-electron chi connectivity index (χ0n) is 22.0. The number of hydrogen-bond donors (Lipinski definition) is 0. The predicted molar refractivity (Wildman–Crippen MR) is 132 cm³/mol. The fraction of sp³-hybridized carbons (Fsp3) is 0.786. The predicted octanol–water partition coefficient (Wildman–Crippen LogP) is 5.47. The van der Waals surface area contributed by atoms with E-state index in [4.69, 9.17) is 19.2 Å². The van der Waals surface area contributed by atoms with Crippen molar-refractivity contribution in [1.29, 1.82) is 0 Å². The average Bonchev–Trinajstić information content (AvgIpc) is 3.11. The molecule has 5 heterocycles. The molecule has 1 saturated carbocycles. The summed E-state index contributed by atoms with van der Waals surface area (Å²) in [4.78, 5) is 16.8. The average molecular weight is 525 g/mol. The summed E-state index contributed by atoms with van der Waals surface area (Å²) in [5, 5.41) is 0. The molecule has 9 heteroatoms. The highest BCUT2D eigenvalue weighted by molar-refractivity contribution is 5.48. The Morgan fingerprint density at radius 3 is 2.38 bits per heavy atom. The molecule has 0 aromatic heterocycles. The van der Waals surface area contributed by atoms with E-state index >= 15 is 0 Å². The Kier molecular flexibility index (Phi) is 6.55. The third-order valence-corrected chi connectivity index (χ3v) is 9.96. The maximum Gasteiger partial charge on any atom is 0.416 e. The summed E-state index contributed by atoms with van der Waals surface area (Å²) in [6.07, 6.45) is 0.471. The van der Waals surface area contributed by atoms with Crippen molar-refractivity contribution in [3.05, 3.63) is 29.8 Å². The SMILES string of the molecule is C[C@@H]1CC[C@H]2[C@@H](C)C(CCN3CCN(c4ccc(C(F)(F)F)cc4)CC3)O[C@@H]3O[C@]4(C)CC[C@@H]1[C@]32OO4. The van der Waals surface area contributed by atoms with Crippen LogP contribution >= 0.6 is 0 Å². The molecule has 1 spiro atoms. The molecular weight excluding hydrogens is 485 g/mol. The number of nitrogens with zero attached hydrogens (tertiary/aromatic N) is 2. The smallest absolute Gasteiger partial charge is 0.369 e. The lowest BCUT2D eigenvalue weighted by Gasteiger charge is -2.60. The summed E-state index contributed by atoms with van der Waals surface area (Å²) in [7, 11) is 0. The number of halogens is 3. The van der Waals surface area contributed by atoms with Gasteiger partial charge in [0.05, 0.1) is 11.7 Å². The highest BCUT2D eigenvalue weighted by Gasteiger charge is 2.69. The number of piperazine rings is 1. The van der Waals surface area contributed by atoms with Crippen molar-refractivity contribution >= 4 is 5.69 Å². The number of alkyl halides is 3. The standard InChI is InChI=1S/C28H39F3N2O4/c1-18-4-9-23-19(2)24(34-25-27(23)22(18)10-12-26(3,35-25)36-37-27)11-13-32-14-16-33(17-15-32)21-7-5-20(6-8-21)28(29,30)31/h5-8,18-19,22-25H,4,9-17H2,1-3H3/t18-,19-,22+,23+,24?,25-,26+,27-/m1/s1. The largest absolute Gasteiger partial charge is 0.416 e. The molecule has 1 aliphatic carbocycles. The van der Waals surface area contributed by atoms with E-state index in [2.05, 4.69) is 23.6 Å². The summed E-state index contributed by atoms with van der Waals surface area (Å²) in [5.41, 5.74) is -0.273. The highest BCUT2D eigenvalue weighted by atomic mass is 19.4. The Balaban J connectivity index is 1.07. The number of fused-ring (bicyclic) bond motifs is 2. The van der Waals surface area contributed by atoms with Gasteiger partial charge in [-0.1, -0.05) is 13.8 Å². The van der Waals surface area contributed by atoms with Gasteiger partial charge in [0.1, 0.15) is 0 Å². The molecule has 1 unspecified atom stereocenters. The van der Waals surface area contributed by atoms with E-state index in [0.717, 1.165) is 64.1 Å². The normalized spacial score (nSPS) is 42.4. The first kappa shape index (κ1) is 25.9. The molecule has 206 valence electrons. The molecule has 0 amide bonds. The molecule has 1 aromatic carbocycles. The second-order valence-corrected chi connectivity index (χ2v) is 12.1. The molecule has 37 heavy (non-hydrogen) atoms. The van der Waals surface area contributed by atoms with E-state index in [1.807, 2.05) is 6.92 Å². The van der Waals surface area contributed by atoms with Crippen LogP contribution in [-0.2, 0) is 25.4 Å². The molecule has 6 fully saturated rings. The van der Waals surface area contributed by atoms with Gasteiger partial charge >= 0.3 is 6.18 Å². The van der Waals surface area contributed by atoms with Crippen LogP contribution in [0.3, 0.4) is 0 Å². The Labute approximate surface area is 217 Å². The molecule has 0 N–H and O–H groups in total. The second kappa shape index (κ2) is 9.37. The van der Waals surface area contributed by atoms with Gasteiger partial charge in [-0.15, -0.1) is 0 Å². The summed E-state index contributed by atoms with van der Waals surface area (Å²) in [6.45, 7) is 10.9. The van der Waals surface area contributed by atoms with Crippen molar-refractivity contribution < 1.29 is 32.4 Å². The lowest BCUT2D eigenvalue weighted by molar-refractivity contribution is -0.571. The van der Waals surface area contributed by atoms with Crippen LogP contribution in [0.2, 0.25) is 0 Å². The van der Waals surface area contributed by atoms with E-state index in [9.17, 15) is 13.2 Å². The fourth-order valence-electron chi connectivity index (χ4n) is 7.71. The molecule has 1 aromatic rings. The van der Waals surface area contributed by atoms with Crippen LogP contribution in [0.15, 0.2) is 24.3 Å². The van der Waals surface area contributed by atoms with Gasteiger partial charge in [0.15, 0.2) is 11.9 Å². The molecular formula is C28H39F3N2O4. The summed E-state index contributed by atoms with van der Waals surface area (Å²) < 4.78 is 51.9. The third-order valence-electron chi connectivity index (χ3n) is 9.96. The zero-order chi connectivity index (χ0) is 26.0. The van der Waals surface area contributed by atoms with E-state index in [0.29, 0.717) is 23.7 Å². The molecule has 2 bridgehead atoms. The monoisotopic (exact) mass is 524 g/mol. The molecule has 6 nitrogen and oxygen atoms in total. The fourth-order valence-corrected chi connectivity index (χ4v) is 7.71. The van der Waals surface area contributed by atoms with E-state index in [-0.39, 0.29) is 6.10 Å². The Morgan fingerprint density at radius 2 is 1.68 bits per heavy atom. The maximum atomic E-state index is 12.9. The Hall–Kier alpha value is -1.39. The minimum absolute atomic E-state index is 0.0918. The highest BCUT2D eigenvalue weighted by Crippen LogP contribution is 2.60. The maximum absolute atomic E-state index is 12.9. The molecule has 5 saturated heterocycles. The van der Waals surface area contributed by atoms with Gasteiger partial charge in [0, 0.05) is 50.7 Å². The first-order valence-corrected chi connectivity index (χ1v) is 13.9. The summed E-state index contributed by atoms with van der Waals surface area (Å²) >= 11 is 0. The Bertz CT molecular complexity index is 969. The molecule has 7 rings (SSSR count).